The Balaban J connectivity index is 1.70. The van der Waals surface area contributed by atoms with Crippen LogP contribution in [0.5, 0.6) is 0 Å². The molecule has 0 radical (unpaired) electrons. The summed E-state index contributed by atoms with van der Waals surface area (Å²) < 4.78 is 1.16. The van der Waals surface area contributed by atoms with Gasteiger partial charge in [-0.25, -0.2) is 4.98 Å². The van der Waals surface area contributed by atoms with Gasteiger partial charge in [-0.1, -0.05) is 30.7 Å². The van der Waals surface area contributed by atoms with Crippen LogP contribution in [0.25, 0.3) is 20.8 Å². The molecule has 1 amide bonds. The second-order valence-corrected chi connectivity index (χ2v) is 6.68. The lowest BCUT2D eigenvalue weighted by Crippen LogP contribution is -2.28. The topological polar surface area (TPSA) is 42.0 Å². The van der Waals surface area contributed by atoms with Crippen LogP contribution in [0.1, 0.15) is 19.3 Å². The Morgan fingerprint density at radius 2 is 1.86 bits per heavy atom. The summed E-state index contributed by atoms with van der Waals surface area (Å²) >= 11 is 1.66. The Labute approximate surface area is 133 Å². The van der Waals surface area contributed by atoms with E-state index in [0.717, 1.165) is 45.7 Å². The molecule has 0 saturated heterocycles. The maximum Gasteiger partial charge on any atom is 0.227 e. The molecule has 0 aliphatic heterocycles. The zero-order valence-corrected chi connectivity index (χ0v) is 12.9. The average Bonchev–Trinajstić information content (AvgIpc) is 2.89. The van der Waals surface area contributed by atoms with Crippen molar-refractivity contribution in [2.75, 3.05) is 5.32 Å². The monoisotopic (exact) mass is 308 g/mol. The van der Waals surface area contributed by atoms with E-state index in [1.54, 1.807) is 11.3 Å². The van der Waals surface area contributed by atoms with Crippen LogP contribution >= 0.6 is 11.3 Å². The standard InChI is InChI=1S/C18H16N2OS/c21-17(12-6-5-7-12)19-14-9-2-1-8-13(14)18-20-15-10-3-4-11-16(15)22-18/h1-4,8-12H,5-7H2,(H,19,21). The molecule has 1 aromatic heterocycles. The number of benzene rings is 2. The van der Waals surface area contributed by atoms with E-state index in [9.17, 15) is 4.79 Å². The summed E-state index contributed by atoms with van der Waals surface area (Å²) in [5.41, 5.74) is 2.86. The quantitative estimate of drug-likeness (QED) is 0.762. The van der Waals surface area contributed by atoms with Gasteiger partial charge in [0.15, 0.2) is 0 Å². The van der Waals surface area contributed by atoms with Gasteiger partial charge in [0.1, 0.15) is 5.01 Å². The van der Waals surface area contributed by atoms with Gasteiger partial charge in [-0.05, 0) is 37.1 Å². The summed E-state index contributed by atoms with van der Waals surface area (Å²) in [4.78, 5) is 16.9. The van der Waals surface area contributed by atoms with E-state index in [4.69, 9.17) is 4.98 Å². The maximum absolute atomic E-state index is 12.2. The van der Waals surface area contributed by atoms with Crippen molar-refractivity contribution in [3.63, 3.8) is 0 Å². The fourth-order valence-electron chi connectivity index (χ4n) is 2.67. The van der Waals surface area contributed by atoms with Gasteiger partial charge < -0.3 is 5.32 Å². The van der Waals surface area contributed by atoms with Crippen LogP contribution in [0.2, 0.25) is 0 Å². The molecule has 0 atom stereocenters. The lowest BCUT2D eigenvalue weighted by molar-refractivity contribution is -0.122. The van der Waals surface area contributed by atoms with Crippen molar-refractivity contribution in [3.8, 4) is 10.6 Å². The number of rotatable bonds is 3. The maximum atomic E-state index is 12.2. The van der Waals surface area contributed by atoms with E-state index in [1.165, 1.54) is 0 Å². The Morgan fingerprint density at radius 3 is 2.64 bits per heavy atom. The van der Waals surface area contributed by atoms with Gasteiger partial charge in [-0.2, -0.15) is 0 Å². The number of anilines is 1. The molecule has 1 aliphatic carbocycles. The smallest absolute Gasteiger partial charge is 0.227 e. The van der Waals surface area contributed by atoms with Crippen LogP contribution in [-0.2, 0) is 4.79 Å². The number of thiazole rings is 1. The first kappa shape index (κ1) is 13.5. The highest BCUT2D eigenvalue weighted by Crippen LogP contribution is 2.35. The van der Waals surface area contributed by atoms with Crippen LogP contribution in [0.3, 0.4) is 0 Å². The van der Waals surface area contributed by atoms with Gasteiger partial charge in [0, 0.05) is 11.5 Å². The van der Waals surface area contributed by atoms with Crippen molar-refractivity contribution < 1.29 is 4.79 Å². The SMILES string of the molecule is O=C(Nc1ccccc1-c1nc2ccccc2s1)C1CCC1. The number of aromatic nitrogens is 1. The Morgan fingerprint density at radius 1 is 1.09 bits per heavy atom. The van der Waals surface area contributed by atoms with Crippen molar-refractivity contribution in [3.05, 3.63) is 48.5 Å². The molecule has 0 spiro atoms. The van der Waals surface area contributed by atoms with Crippen molar-refractivity contribution >= 4 is 33.1 Å². The van der Waals surface area contributed by atoms with E-state index >= 15 is 0 Å². The highest BCUT2D eigenvalue weighted by molar-refractivity contribution is 7.21. The molecule has 3 nitrogen and oxygen atoms in total. The Hall–Kier alpha value is -2.20. The number of carbonyl (C=O) groups excluding carboxylic acids is 1. The lowest BCUT2D eigenvalue weighted by Gasteiger charge is -2.24. The number of fused-ring (bicyclic) bond motifs is 1. The molecule has 0 bridgehead atoms. The van der Waals surface area contributed by atoms with Crippen molar-refractivity contribution in [1.82, 2.24) is 4.98 Å². The van der Waals surface area contributed by atoms with Crippen molar-refractivity contribution in [2.45, 2.75) is 19.3 Å². The summed E-state index contributed by atoms with van der Waals surface area (Å²) in [7, 11) is 0. The average molecular weight is 308 g/mol. The summed E-state index contributed by atoms with van der Waals surface area (Å²) in [6.07, 6.45) is 3.18. The second kappa shape index (κ2) is 5.54. The minimum atomic E-state index is 0.139. The number of para-hydroxylation sites is 2. The summed E-state index contributed by atoms with van der Waals surface area (Å²) in [6, 6.07) is 16.0. The zero-order chi connectivity index (χ0) is 14.9. The van der Waals surface area contributed by atoms with Crippen LogP contribution < -0.4 is 5.32 Å². The van der Waals surface area contributed by atoms with E-state index in [0.29, 0.717) is 0 Å². The molecule has 4 heteroatoms. The summed E-state index contributed by atoms with van der Waals surface area (Å²) in [5, 5.41) is 4.03. The van der Waals surface area contributed by atoms with Gasteiger partial charge in [-0.15, -0.1) is 11.3 Å². The number of amides is 1. The fraction of sp³-hybridized carbons (Fsp3) is 0.222. The first-order chi connectivity index (χ1) is 10.8. The number of carbonyl (C=O) groups is 1. The molecule has 0 unspecified atom stereocenters. The normalized spacial score (nSPS) is 14.7. The number of hydrogen-bond donors (Lipinski definition) is 1. The predicted octanol–water partition coefficient (Wildman–Crippen LogP) is 4.70. The first-order valence-electron chi connectivity index (χ1n) is 7.57. The minimum Gasteiger partial charge on any atom is -0.325 e. The molecule has 3 aromatic rings. The molecular weight excluding hydrogens is 292 g/mol. The van der Waals surface area contributed by atoms with Gasteiger partial charge >= 0.3 is 0 Å². The molecular formula is C18H16N2OS. The molecule has 22 heavy (non-hydrogen) atoms. The minimum absolute atomic E-state index is 0.139. The van der Waals surface area contributed by atoms with Gasteiger partial charge in [-0.3, -0.25) is 4.79 Å². The van der Waals surface area contributed by atoms with E-state index in [1.807, 2.05) is 42.5 Å². The Kier molecular flexibility index (Phi) is 3.39. The first-order valence-corrected chi connectivity index (χ1v) is 8.39. The van der Waals surface area contributed by atoms with Crippen LogP contribution in [0, 0.1) is 5.92 Å². The molecule has 4 rings (SSSR count). The van der Waals surface area contributed by atoms with Gasteiger partial charge in [0.05, 0.1) is 15.9 Å². The molecule has 2 aromatic carbocycles. The van der Waals surface area contributed by atoms with Gasteiger partial charge in [0.2, 0.25) is 5.91 Å². The molecule has 1 fully saturated rings. The molecule has 110 valence electrons. The lowest BCUT2D eigenvalue weighted by atomic mass is 9.85. The van der Waals surface area contributed by atoms with E-state index in [-0.39, 0.29) is 11.8 Å². The third kappa shape index (κ3) is 2.40. The van der Waals surface area contributed by atoms with Gasteiger partial charge in [0.25, 0.3) is 0 Å². The van der Waals surface area contributed by atoms with Crippen molar-refractivity contribution in [1.29, 1.82) is 0 Å². The van der Waals surface area contributed by atoms with Crippen LogP contribution in [0.4, 0.5) is 5.69 Å². The molecule has 1 saturated carbocycles. The fourth-order valence-corrected chi connectivity index (χ4v) is 3.68. The summed E-state index contributed by atoms with van der Waals surface area (Å²) in [5.74, 6) is 0.322. The van der Waals surface area contributed by atoms with Crippen LogP contribution in [0.15, 0.2) is 48.5 Å². The van der Waals surface area contributed by atoms with Crippen molar-refractivity contribution in [2.24, 2.45) is 5.92 Å². The van der Waals surface area contributed by atoms with E-state index in [2.05, 4.69) is 11.4 Å². The Bertz CT molecular complexity index is 803. The number of hydrogen-bond acceptors (Lipinski definition) is 3. The second-order valence-electron chi connectivity index (χ2n) is 5.65. The third-order valence-electron chi connectivity index (χ3n) is 4.19. The zero-order valence-electron chi connectivity index (χ0n) is 12.1. The van der Waals surface area contributed by atoms with Crippen LogP contribution in [-0.4, -0.2) is 10.9 Å². The molecule has 1 heterocycles. The molecule has 1 N–H and O–H groups in total. The van der Waals surface area contributed by atoms with E-state index < -0.39 is 0 Å². The number of nitrogens with zero attached hydrogens (tertiary/aromatic N) is 1. The summed E-state index contributed by atoms with van der Waals surface area (Å²) in [6.45, 7) is 0. The largest absolute Gasteiger partial charge is 0.325 e. The predicted molar refractivity (Wildman–Crippen MR) is 91.0 cm³/mol. The highest BCUT2D eigenvalue weighted by Gasteiger charge is 2.25. The molecule has 1 aliphatic rings. The third-order valence-corrected chi connectivity index (χ3v) is 5.25. The highest BCUT2D eigenvalue weighted by atomic mass is 32.1. The number of nitrogens with one attached hydrogen (secondary N) is 1.